The Kier molecular flexibility index (Phi) is 3.98. The first kappa shape index (κ1) is 14.0. The van der Waals surface area contributed by atoms with E-state index >= 15 is 0 Å². The van der Waals surface area contributed by atoms with E-state index < -0.39 is 17.5 Å². The number of carbonyl (C=O) groups excluding carboxylic acids is 1. The van der Waals surface area contributed by atoms with Crippen molar-refractivity contribution < 1.29 is 13.6 Å². The van der Waals surface area contributed by atoms with Crippen LogP contribution in [0.4, 0.5) is 20.2 Å². The van der Waals surface area contributed by atoms with Crippen LogP contribution in [0.1, 0.15) is 17.3 Å². The van der Waals surface area contributed by atoms with Crippen LogP contribution < -0.4 is 10.6 Å². The lowest BCUT2D eigenvalue weighted by Crippen LogP contribution is -2.32. The molecule has 0 aliphatic heterocycles. The number of amides is 1. The van der Waals surface area contributed by atoms with E-state index in [0.29, 0.717) is 24.0 Å². The van der Waals surface area contributed by atoms with Gasteiger partial charge in [-0.3, -0.25) is 4.79 Å². The Balaban J connectivity index is 2.42. The van der Waals surface area contributed by atoms with E-state index in [1.54, 1.807) is 31.2 Å². The molecule has 0 atom stereocenters. The van der Waals surface area contributed by atoms with Crippen molar-refractivity contribution >= 4 is 17.3 Å². The third-order valence-electron chi connectivity index (χ3n) is 2.95. The highest BCUT2D eigenvalue weighted by molar-refractivity contribution is 6.07. The zero-order valence-electron chi connectivity index (χ0n) is 10.9. The first-order chi connectivity index (χ1) is 9.54. The van der Waals surface area contributed by atoms with E-state index in [4.69, 9.17) is 5.73 Å². The highest BCUT2D eigenvalue weighted by atomic mass is 19.1. The van der Waals surface area contributed by atoms with Crippen molar-refractivity contribution in [2.75, 3.05) is 17.2 Å². The van der Waals surface area contributed by atoms with Gasteiger partial charge in [0, 0.05) is 12.6 Å². The van der Waals surface area contributed by atoms with Crippen LogP contribution in [0.2, 0.25) is 0 Å². The number of benzene rings is 2. The van der Waals surface area contributed by atoms with Gasteiger partial charge in [0.05, 0.1) is 16.9 Å². The number of nitrogen functional groups attached to an aromatic ring is 1. The number of hydrogen-bond donors (Lipinski definition) is 1. The zero-order valence-corrected chi connectivity index (χ0v) is 10.9. The Hall–Kier alpha value is -2.43. The molecule has 3 nitrogen and oxygen atoms in total. The average Bonchev–Trinajstić information content (AvgIpc) is 2.41. The molecule has 104 valence electrons. The molecule has 0 aliphatic carbocycles. The maximum absolute atomic E-state index is 13.7. The number of anilines is 2. The minimum Gasteiger partial charge on any atom is -0.397 e. The van der Waals surface area contributed by atoms with Crippen LogP contribution in [0.15, 0.2) is 42.5 Å². The molecule has 0 heterocycles. The number of halogens is 2. The molecule has 0 radical (unpaired) electrons. The van der Waals surface area contributed by atoms with Gasteiger partial charge in [0.2, 0.25) is 0 Å². The van der Waals surface area contributed by atoms with Gasteiger partial charge in [-0.15, -0.1) is 0 Å². The summed E-state index contributed by atoms with van der Waals surface area (Å²) in [5, 5.41) is 0. The highest BCUT2D eigenvalue weighted by Gasteiger charge is 2.21. The van der Waals surface area contributed by atoms with Gasteiger partial charge in [-0.05, 0) is 31.2 Å². The van der Waals surface area contributed by atoms with Crippen LogP contribution >= 0.6 is 0 Å². The molecule has 2 rings (SSSR count). The predicted octanol–water partition coefficient (Wildman–Crippen LogP) is 3.21. The lowest BCUT2D eigenvalue weighted by Gasteiger charge is -2.22. The number of nitrogens with two attached hydrogens (primary N) is 1. The molecule has 0 unspecified atom stereocenters. The Morgan fingerprint density at radius 3 is 2.50 bits per heavy atom. The quantitative estimate of drug-likeness (QED) is 0.875. The third kappa shape index (κ3) is 2.61. The topological polar surface area (TPSA) is 46.3 Å². The van der Waals surface area contributed by atoms with Crippen molar-refractivity contribution in [1.29, 1.82) is 0 Å². The van der Waals surface area contributed by atoms with Crippen LogP contribution in [0.5, 0.6) is 0 Å². The van der Waals surface area contributed by atoms with E-state index in [9.17, 15) is 13.6 Å². The smallest absolute Gasteiger partial charge is 0.261 e. The second-order valence-electron chi connectivity index (χ2n) is 4.23. The van der Waals surface area contributed by atoms with Crippen LogP contribution in [0.25, 0.3) is 0 Å². The maximum Gasteiger partial charge on any atom is 0.261 e. The SMILES string of the molecule is CCN(C(=O)c1ccc(F)cc1F)c1ccccc1N. The normalized spacial score (nSPS) is 10.3. The monoisotopic (exact) mass is 276 g/mol. The van der Waals surface area contributed by atoms with Crippen molar-refractivity contribution in [1.82, 2.24) is 0 Å². The summed E-state index contributed by atoms with van der Waals surface area (Å²) < 4.78 is 26.6. The molecular weight excluding hydrogens is 262 g/mol. The number of hydrogen-bond acceptors (Lipinski definition) is 2. The molecule has 5 heteroatoms. The maximum atomic E-state index is 13.7. The lowest BCUT2D eigenvalue weighted by atomic mass is 10.1. The minimum absolute atomic E-state index is 0.184. The summed E-state index contributed by atoms with van der Waals surface area (Å²) in [6, 6.07) is 9.70. The first-order valence-electron chi connectivity index (χ1n) is 6.16. The Labute approximate surface area is 115 Å². The summed E-state index contributed by atoms with van der Waals surface area (Å²) >= 11 is 0. The lowest BCUT2D eigenvalue weighted by molar-refractivity contribution is 0.0984. The fourth-order valence-electron chi connectivity index (χ4n) is 1.97. The largest absolute Gasteiger partial charge is 0.397 e. The molecule has 0 aromatic heterocycles. The summed E-state index contributed by atoms with van der Waals surface area (Å²) in [6.07, 6.45) is 0. The molecule has 0 saturated carbocycles. The highest BCUT2D eigenvalue weighted by Crippen LogP contribution is 2.24. The van der Waals surface area contributed by atoms with Gasteiger partial charge in [0.1, 0.15) is 11.6 Å². The van der Waals surface area contributed by atoms with Gasteiger partial charge in [-0.1, -0.05) is 12.1 Å². The molecule has 0 bridgehead atoms. The first-order valence-corrected chi connectivity index (χ1v) is 6.16. The Bertz CT molecular complexity index is 644. The zero-order chi connectivity index (χ0) is 14.7. The summed E-state index contributed by atoms with van der Waals surface area (Å²) in [7, 11) is 0. The van der Waals surface area contributed by atoms with Gasteiger partial charge in [0.25, 0.3) is 5.91 Å². The van der Waals surface area contributed by atoms with Gasteiger partial charge in [-0.25, -0.2) is 8.78 Å². The fraction of sp³-hybridized carbons (Fsp3) is 0.133. The fourth-order valence-corrected chi connectivity index (χ4v) is 1.97. The van der Waals surface area contributed by atoms with Gasteiger partial charge >= 0.3 is 0 Å². The van der Waals surface area contributed by atoms with Crippen molar-refractivity contribution in [2.45, 2.75) is 6.92 Å². The van der Waals surface area contributed by atoms with E-state index in [1.807, 2.05) is 0 Å². The minimum atomic E-state index is -0.886. The molecule has 0 spiro atoms. The molecule has 2 aromatic rings. The van der Waals surface area contributed by atoms with Gasteiger partial charge in [-0.2, -0.15) is 0 Å². The number of carbonyl (C=O) groups is 1. The summed E-state index contributed by atoms with van der Waals surface area (Å²) in [6.45, 7) is 2.08. The van der Waals surface area contributed by atoms with Crippen molar-refractivity contribution in [2.24, 2.45) is 0 Å². The molecule has 0 fully saturated rings. The molecule has 20 heavy (non-hydrogen) atoms. The number of para-hydroxylation sites is 2. The van der Waals surface area contributed by atoms with Crippen molar-refractivity contribution in [3.63, 3.8) is 0 Å². The third-order valence-corrected chi connectivity index (χ3v) is 2.95. The van der Waals surface area contributed by atoms with Gasteiger partial charge in [0.15, 0.2) is 0 Å². The van der Waals surface area contributed by atoms with Gasteiger partial charge < -0.3 is 10.6 Å². The number of nitrogens with zero attached hydrogens (tertiary/aromatic N) is 1. The van der Waals surface area contributed by atoms with Crippen LogP contribution in [0, 0.1) is 11.6 Å². The van der Waals surface area contributed by atoms with E-state index in [1.165, 1.54) is 4.90 Å². The molecule has 0 aliphatic rings. The van der Waals surface area contributed by atoms with Crippen LogP contribution in [0.3, 0.4) is 0 Å². The standard InChI is InChI=1S/C15H14F2N2O/c1-2-19(14-6-4-3-5-13(14)18)15(20)11-8-7-10(16)9-12(11)17/h3-9H,2,18H2,1H3. The van der Waals surface area contributed by atoms with E-state index in [0.717, 1.165) is 12.1 Å². The summed E-state index contributed by atoms with van der Waals surface area (Å²) in [4.78, 5) is 13.7. The molecule has 0 saturated heterocycles. The van der Waals surface area contributed by atoms with E-state index in [2.05, 4.69) is 0 Å². The molecule has 1 amide bonds. The second kappa shape index (κ2) is 5.69. The summed E-state index contributed by atoms with van der Waals surface area (Å²) in [5.74, 6) is -2.16. The van der Waals surface area contributed by atoms with E-state index in [-0.39, 0.29) is 5.56 Å². The molecule has 2 aromatic carbocycles. The second-order valence-corrected chi connectivity index (χ2v) is 4.23. The Morgan fingerprint density at radius 1 is 1.20 bits per heavy atom. The molecular formula is C15H14F2N2O. The van der Waals surface area contributed by atoms with Crippen LogP contribution in [-0.2, 0) is 0 Å². The average molecular weight is 276 g/mol. The predicted molar refractivity (Wildman–Crippen MR) is 74.6 cm³/mol. The van der Waals surface area contributed by atoms with Crippen molar-refractivity contribution in [3.8, 4) is 0 Å². The molecule has 2 N–H and O–H groups in total. The number of rotatable bonds is 3. The Morgan fingerprint density at radius 2 is 1.90 bits per heavy atom. The summed E-state index contributed by atoms with van der Waals surface area (Å²) in [5.41, 5.74) is 6.57. The van der Waals surface area contributed by atoms with Crippen LogP contribution in [-0.4, -0.2) is 12.5 Å². The van der Waals surface area contributed by atoms with Crippen molar-refractivity contribution in [3.05, 3.63) is 59.7 Å².